The third kappa shape index (κ3) is 5.14. The van der Waals surface area contributed by atoms with Gasteiger partial charge in [0.15, 0.2) is 6.10 Å². The molecular weight excluding hydrogens is 440 g/mol. The van der Waals surface area contributed by atoms with E-state index < -0.39 is 23.9 Å². The number of rotatable bonds is 6. The fourth-order valence-corrected chi connectivity index (χ4v) is 3.26. The molecule has 1 aliphatic heterocycles. The Balaban J connectivity index is 1.58. The van der Waals surface area contributed by atoms with Crippen LogP contribution in [0.25, 0.3) is 0 Å². The van der Waals surface area contributed by atoms with Crippen LogP contribution in [0.2, 0.25) is 0 Å². The van der Waals surface area contributed by atoms with Crippen molar-refractivity contribution in [1.82, 2.24) is 0 Å². The lowest BCUT2D eigenvalue weighted by Gasteiger charge is -2.18. The summed E-state index contributed by atoms with van der Waals surface area (Å²) >= 11 is 3.32. The highest BCUT2D eigenvalue weighted by atomic mass is 79.9. The van der Waals surface area contributed by atoms with Crippen molar-refractivity contribution in [3.05, 3.63) is 53.0 Å². The number of carbonyl (C=O) groups excluding carboxylic acids is 3. The average molecular weight is 461 g/mol. The van der Waals surface area contributed by atoms with Crippen molar-refractivity contribution in [2.24, 2.45) is 5.92 Å². The fourth-order valence-electron chi connectivity index (χ4n) is 2.99. The zero-order valence-electron chi connectivity index (χ0n) is 16.1. The summed E-state index contributed by atoms with van der Waals surface area (Å²) < 4.78 is 11.4. The predicted molar refractivity (Wildman–Crippen MR) is 112 cm³/mol. The number of benzene rings is 2. The summed E-state index contributed by atoms with van der Waals surface area (Å²) in [7, 11) is 1.55. The van der Waals surface area contributed by atoms with Crippen LogP contribution < -0.4 is 15.0 Å². The van der Waals surface area contributed by atoms with Crippen LogP contribution in [0.1, 0.15) is 13.3 Å². The van der Waals surface area contributed by atoms with Crippen molar-refractivity contribution in [1.29, 1.82) is 0 Å². The normalized spacial score (nSPS) is 17.0. The molecule has 29 heavy (non-hydrogen) atoms. The molecule has 0 spiro atoms. The van der Waals surface area contributed by atoms with Crippen molar-refractivity contribution in [2.45, 2.75) is 19.4 Å². The van der Waals surface area contributed by atoms with Crippen LogP contribution in [0.4, 0.5) is 11.4 Å². The maximum Gasteiger partial charge on any atom is 0.312 e. The minimum atomic E-state index is -0.980. The third-order valence-electron chi connectivity index (χ3n) is 4.60. The van der Waals surface area contributed by atoms with Crippen LogP contribution >= 0.6 is 15.9 Å². The number of amides is 2. The number of nitrogens with zero attached hydrogens (tertiary/aromatic N) is 1. The van der Waals surface area contributed by atoms with Crippen LogP contribution in [0.5, 0.6) is 5.75 Å². The largest absolute Gasteiger partial charge is 0.497 e. The first kappa shape index (κ1) is 20.9. The highest BCUT2D eigenvalue weighted by molar-refractivity contribution is 9.10. The van der Waals surface area contributed by atoms with Crippen LogP contribution in [-0.2, 0) is 19.1 Å². The van der Waals surface area contributed by atoms with Gasteiger partial charge in [0.05, 0.1) is 13.0 Å². The maximum atomic E-state index is 12.5. The van der Waals surface area contributed by atoms with E-state index in [-0.39, 0.29) is 18.9 Å². The van der Waals surface area contributed by atoms with Crippen molar-refractivity contribution >= 4 is 45.1 Å². The molecule has 2 amide bonds. The maximum absolute atomic E-state index is 12.5. The number of hydrogen-bond acceptors (Lipinski definition) is 5. The third-order valence-corrected chi connectivity index (χ3v) is 5.13. The van der Waals surface area contributed by atoms with Crippen LogP contribution in [0.15, 0.2) is 53.0 Å². The highest BCUT2D eigenvalue weighted by Crippen LogP contribution is 2.28. The number of hydrogen-bond donors (Lipinski definition) is 1. The lowest BCUT2D eigenvalue weighted by atomic mass is 10.1. The van der Waals surface area contributed by atoms with Gasteiger partial charge in [-0.05, 0) is 43.3 Å². The van der Waals surface area contributed by atoms with E-state index in [0.29, 0.717) is 17.1 Å². The molecular formula is C21H21BrN2O5. The Hall–Kier alpha value is -2.87. The zero-order valence-corrected chi connectivity index (χ0v) is 17.6. The smallest absolute Gasteiger partial charge is 0.312 e. The molecule has 3 rings (SSSR count). The predicted octanol–water partition coefficient (Wildman–Crippen LogP) is 3.38. The van der Waals surface area contributed by atoms with E-state index in [1.807, 2.05) is 0 Å². The van der Waals surface area contributed by atoms with E-state index in [2.05, 4.69) is 21.2 Å². The molecule has 7 nitrogen and oxygen atoms in total. The van der Waals surface area contributed by atoms with Crippen LogP contribution in [-0.4, -0.2) is 37.5 Å². The van der Waals surface area contributed by atoms with Gasteiger partial charge < -0.3 is 19.7 Å². The van der Waals surface area contributed by atoms with Gasteiger partial charge in [-0.1, -0.05) is 22.0 Å². The molecule has 1 saturated heterocycles. The van der Waals surface area contributed by atoms with Crippen LogP contribution in [0, 0.1) is 5.92 Å². The summed E-state index contributed by atoms with van der Waals surface area (Å²) in [4.78, 5) is 38.7. The highest BCUT2D eigenvalue weighted by Gasteiger charge is 2.37. The van der Waals surface area contributed by atoms with Gasteiger partial charge in [-0.3, -0.25) is 14.4 Å². The molecule has 0 saturated carbocycles. The van der Waals surface area contributed by atoms with Crippen LogP contribution in [0.3, 0.4) is 0 Å². The Morgan fingerprint density at radius 1 is 1.21 bits per heavy atom. The van der Waals surface area contributed by atoms with Crippen molar-refractivity contribution in [3.8, 4) is 5.75 Å². The van der Waals surface area contributed by atoms with Crippen molar-refractivity contribution in [3.63, 3.8) is 0 Å². The fraction of sp³-hybridized carbons (Fsp3) is 0.286. The Labute approximate surface area is 177 Å². The molecule has 0 aliphatic carbocycles. The van der Waals surface area contributed by atoms with E-state index in [1.165, 1.54) is 11.8 Å². The van der Waals surface area contributed by atoms with Gasteiger partial charge in [0, 0.05) is 34.9 Å². The lowest BCUT2D eigenvalue weighted by Crippen LogP contribution is -2.33. The summed E-state index contributed by atoms with van der Waals surface area (Å²) in [5.74, 6) is -1.18. The summed E-state index contributed by atoms with van der Waals surface area (Å²) in [6.45, 7) is 1.70. The lowest BCUT2D eigenvalue weighted by molar-refractivity contribution is -0.157. The summed E-state index contributed by atoms with van der Waals surface area (Å²) in [6, 6.07) is 14.1. The van der Waals surface area contributed by atoms with Gasteiger partial charge in [0.25, 0.3) is 5.91 Å². The van der Waals surface area contributed by atoms with E-state index in [9.17, 15) is 14.4 Å². The van der Waals surface area contributed by atoms with Gasteiger partial charge >= 0.3 is 5.97 Å². The quantitative estimate of drug-likeness (QED) is 0.667. The second-order valence-corrected chi connectivity index (χ2v) is 7.60. The first-order valence-corrected chi connectivity index (χ1v) is 9.88. The van der Waals surface area contributed by atoms with Crippen molar-refractivity contribution < 1.29 is 23.9 Å². The Morgan fingerprint density at radius 2 is 1.93 bits per heavy atom. The second-order valence-electron chi connectivity index (χ2n) is 6.68. The number of carbonyl (C=O) groups is 3. The number of ether oxygens (including phenoxy) is 2. The monoisotopic (exact) mass is 460 g/mol. The molecule has 2 aromatic carbocycles. The minimum absolute atomic E-state index is 0.0388. The number of methoxy groups -OCH3 is 1. The molecule has 2 atom stereocenters. The second kappa shape index (κ2) is 9.09. The molecule has 1 fully saturated rings. The van der Waals surface area contributed by atoms with E-state index in [1.54, 1.807) is 55.6 Å². The summed E-state index contributed by atoms with van der Waals surface area (Å²) in [6.07, 6.45) is -0.941. The number of esters is 1. The Morgan fingerprint density at radius 3 is 2.62 bits per heavy atom. The zero-order chi connectivity index (χ0) is 21.0. The SMILES string of the molecule is COc1cccc(N2CC(C(=O)OC(C)C(=O)Nc3ccc(Br)cc3)CC2=O)c1. The van der Waals surface area contributed by atoms with Gasteiger partial charge in [-0.15, -0.1) is 0 Å². The molecule has 0 aromatic heterocycles. The molecule has 0 radical (unpaired) electrons. The molecule has 1 N–H and O–H groups in total. The number of nitrogens with one attached hydrogen (secondary N) is 1. The number of anilines is 2. The topological polar surface area (TPSA) is 84.9 Å². The first-order valence-electron chi connectivity index (χ1n) is 9.08. The standard InChI is InChI=1S/C21H21BrN2O5/c1-13(20(26)23-16-8-6-15(22)7-9-16)29-21(27)14-10-19(25)24(12-14)17-4-3-5-18(11-17)28-2/h3-9,11,13-14H,10,12H2,1-2H3,(H,23,26). The average Bonchev–Trinajstić information content (AvgIpc) is 3.11. The van der Waals surface area contributed by atoms with Gasteiger partial charge in [-0.25, -0.2) is 0 Å². The molecule has 8 heteroatoms. The molecule has 152 valence electrons. The van der Waals surface area contributed by atoms with E-state index >= 15 is 0 Å². The molecule has 2 aromatic rings. The van der Waals surface area contributed by atoms with Crippen molar-refractivity contribution in [2.75, 3.05) is 23.9 Å². The summed E-state index contributed by atoms with van der Waals surface area (Å²) in [5.41, 5.74) is 1.26. The summed E-state index contributed by atoms with van der Waals surface area (Å²) in [5, 5.41) is 2.69. The Kier molecular flexibility index (Phi) is 6.53. The molecule has 2 unspecified atom stereocenters. The molecule has 1 aliphatic rings. The first-order chi connectivity index (χ1) is 13.9. The van der Waals surface area contributed by atoms with Gasteiger partial charge in [0.1, 0.15) is 5.75 Å². The van der Waals surface area contributed by atoms with Gasteiger partial charge in [0.2, 0.25) is 5.91 Å². The number of halogens is 1. The minimum Gasteiger partial charge on any atom is -0.497 e. The molecule has 0 bridgehead atoms. The Bertz CT molecular complexity index is 916. The molecule has 1 heterocycles. The van der Waals surface area contributed by atoms with E-state index in [4.69, 9.17) is 9.47 Å². The van der Waals surface area contributed by atoms with E-state index in [0.717, 1.165) is 4.47 Å². The van der Waals surface area contributed by atoms with Gasteiger partial charge in [-0.2, -0.15) is 0 Å².